The Hall–Kier alpha value is -2.44. The number of pyridine rings is 1. The largest absolute Gasteiger partial charge is 0.360 e. The summed E-state index contributed by atoms with van der Waals surface area (Å²) in [7, 11) is 0. The maximum atomic E-state index is 5.95. The van der Waals surface area contributed by atoms with E-state index in [9.17, 15) is 0 Å². The standard InChI is InChI=1S/C17H14ClN5S/c18-13-6-4-12(5-7-13)15-11-21-17-23(15)22-16(24-17)20-10-8-14-3-1-2-9-19-14/h1-7,9,11H,8,10H2,(H,20,22). The lowest BCUT2D eigenvalue weighted by Gasteiger charge is -2.01. The van der Waals surface area contributed by atoms with Crippen molar-refractivity contribution in [2.75, 3.05) is 11.9 Å². The van der Waals surface area contributed by atoms with Gasteiger partial charge in [-0.05, 0) is 24.3 Å². The molecule has 0 saturated carbocycles. The number of benzene rings is 1. The van der Waals surface area contributed by atoms with E-state index in [4.69, 9.17) is 11.6 Å². The van der Waals surface area contributed by atoms with E-state index in [-0.39, 0.29) is 0 Å². The average Bonchev–Trinajstić information content (AvgIpc) is 3.17. The first-order chi connectivity index (χ1) is 11.8. The average molecular weight is 356 g/mol. The summed E-state index contributed by atoms with van der Waals surface area (Å²) in [5.74, 6) is 0. The number of imidazole rings is 1. The Morgan fingerprint density at radius 1 is 1.08 bits per heavy atom. The highest BCUT2D eigenvalue weighted by Crippen LogP contribution is 2.26. The molecule has 0 saturated heterocycles. The summed E-state index contributed by atoms with van der Waals surface area (Å²) in [6, 6.07) is 13.6. The second-order valence-electron chi connectivity index (χ2n) is 5.25. The predicted molar refractivity (Wildman–Crippen MR) is 97.7 cm³/mol. The van der Waals surface area contributed by atoms with Crippen LogP contribution in [0.15, 0.2) is 54.9 Å². The van der Waals surface area contributed by atoms with Gasteiger partial charge in [-0.25, -0.2) is 9.50 Å². The van der Waals surface area contributed by atoms with E-state index in [0.717, 1.165) is 45.0 Å². The Kier molecular flexibility index (Phi) is 4.15. The number of anilines is 1. The van der Waals surface area contributed by atoms with Crippen LogP contribution >= 0.6 is 22.9 Å². The van der Waals surface area contributed by atoms with Crippen molar-refractivity contribution in [2.24, 2.45) is 0 Å². The number of hydrogen-bond donors (Lipinski definition) is 1. The number of aromatic nitrogens is 4. The van der Waals surface area contributed by atoms with Gasteiger partial charge in [-0.15, -0.1) is 5.10 Å². The normalized spacial score (nSPS) is 11.0. The van der Waals surface area contributed by atoms with Gasteiger partial charge in [-0.1, -0.05) is 41.1 Å². The van der Waals surface area contributed by atoms with Crippen molar-refractivity contribution in [1.82, 2.24) is 19.6 Å². The van der Waals surface area contributed by atoms with Crippen molar-refractivity contribution in [1.29, 1.82) is 0 Å². The maximum Gasteiger partial charge on any atom is 0.214 e. The number of nitrogens with zero attached hydrogens (tertiary/aromatic N) is 4. The summed E-state index contributed by atoms with van der Waals surface area (Å²) in [4.78, 5) is 9.62. The van der Waals surface area contributed by atoms with Crippen molar-refractivity contribution < 1.29 is 0 Å². The second kappa shape index (κ2) is 6.59. The molecular formula is C17H14ClN5S. The Morgan fingerprint density at radius 3 is 2.75 bits per heavy atom. The Labute approximate surface area is 148 Å². The number of fused-ring (bicyclic) bond motifs is 1. The van der Waals surface area contributed by atoms with Crippen LogP contribution in [0.25, 0.3) is 16.2 Å². The van der Waals surface area contributed by atoms with E-state index < -0.39 is 0 Å². The van der Waals surface area contributed by atoms with Crippen LogP contribution < -0.4 is 5.32 Å². The van der Waals surface area contributed by atoms with Crippen molar-refractivity contribution >= 4 is 33.0 Å². The highest BCUT2D eigenvalue weighted by atomic mass is 35.5. The molecule has 0 fully saturated rings. The van der Waals surface area contributed by atoms with Crippen LogP contribution in [0, 0.1) is 0 Å². The summed E-state index contributed by atoms with van der Waals surface area (Å²) < 4.78 is 1.86. The van der Waals surface area contributed by atoms with Gasteiger partial charge in [-0.2, -0.15) is 0 Å². The van der Waals surface area contributed by atoms with Gasteiger partial charge in [0, 0.05) is 35.4 Å². The highest BCUT2D eigenvalue weighted by molar-refractivity contribution is 7.20. The second-order valence-corrected chi connectivity index (χ2v) is 6.64. The smallest absolute Gasteiger partial charge is 0.214 e. The minimum atomic E-state index is 0.717. The fourth-order valence-corrected chi connectivity index (χ4v) is 3.35. The van der Waals surface area contributed by atoms with E-state index in [0.29, 0.717) is 0 Å². The van der Waals surface area contributed by atoms with Crippen molar-refractivity contribution in [3.63, 3.8) is 0 Å². The molecule has 1 aromatic carbocycles. The molecule has 0 aliphatic carbocycles. The number of halogens is 1. The molecule has 1 N–H and O–H groups in total. The molecule has 3 heterocycles. The van der Waals surface area contributed by atoms with Gasteiger partial charge in [0.25, 0.3) is 0 Å². The predicted octanol–water partition coefficient (Wildman–Crippen LogP) is 4.16. The minimum absolute atomic E-state index is 0.717. The molecule has 0 aliphatic rings. The van der Waals surface area contributed by atoms with Crippen molar-refractivity contribution in [2.45, 2.75) is 6.42 Å². The van der Waals surface area contributed by atoms with Gasteiger partial charge in [0.2, 0.25) is 10.1 Å². The van der Waals surface area contributed by atoms with Crippen LogP contribution in [0.2, 0.25) is 5.02 Å². The van der Waals surface area contributed by atoms with Crippen LogP contribution in [0.4, 0.5) is 5.13 Å². The first kappa shape index (κ1) is 15.1. The van der Waals surface area contributed by atoms with Gasteiger partial charge in [0.05, 0.1) is 11.9 Å². The molecule has 24 heavy (non-hydrogen) atoms. The summed E-state index contributed by atoms with van der Waals surface area (Å²) in [6.07, 6.45) is 4.50. The van der Waals surface area contributed by atoms with E-state index in [2.05, 4.69) is 20.4 Å². The fourth-order valence-electron chi connectivity index (χ4n) is 2.43. The lowest BCUT2D eigenvalue weighted by atomic mass is 10.2. The van der Waals surface area contributed by atoms with E-state index >= 15 is 0 Å². The van der Waals surface area contributed by atoms with Gasteiger partial charge < -0.3 is 5.32 Å². The quantitative estimate of drug-likeness (QED) is 0.584. The molecule has 0 amide bonds. The molecule has 0 atom stereocenters. The Balaban J connectivity index is 1.50. The first-order valence-corrected chi connectivity index (χ1v) is 8.73. The molecule has 120 valence electrons. The molecule has 5 nitrogen and oxygen atoms in total. The highest BCUT2D eigenvalue weighted by Gasteiger charge is 2.11. The van der Waals surface area contributed by atoms with Crippen molar-refractivity contribution in [3.8, 4) is 11.3 Å². The van der Waals surface area contributed by atoms with Gasteiger partial charge >= 0.3 is 0 Å². The van der Waals surface area contributed by atoms with Crippen LogP contribution in [0.3, 0.4) is 0 Å². The minimum Gasteiger partial charge on any atom is -0.360 e. The van der Waals surface area contributed by atoms with E-state index in [1.54, 1.807) is 0 Å². The lowest BCUT2D eigenvalue weighted by molar-refractivity contribution is 0.931. The number of rotatable bonds is 5. The third-order valence-corrected chi connectivity index (χ3v) is 4.74. The number of hydrogen-bond acceptors (Lipinski definition) is 5. The zero-order chi connectivity index (χ0) is 16.4. The van der Waals surface area contributed by atoms with Crippen LogP contribution in [0.5, 0.6) is 0 Å². The zero-order valence-corrected chi connectivity index (χ0v) is 14.3. The van der Waals surface area contributed by atoms with E-state index in [1.807, 2.05) is 59.4 Å². The molecular weight excluding hydrogens is 342 g/mol. The summed E-state index contributed by atoms with van der Waals surface area (Å²) >= 11 is 7.49. The molecule has 7 heteroatoms. The third kappa shape index (κ3) is 3.11. The third-order valence-electron chi connectivity index (χ3n) is 3.61. The first-order valence-electron chi connectivity index (χ1n) is 7.54. The summed E-state index contributed by atoms with van der Waals surface area (Å²) in [5, 5.41) is 9.52. The molecule has 0 bridgehead atoms. The van der Waals surface area contributed by atoms with E-state index in [1.165, 1.54) is 11.3 Å². The fraction of sp³-hybridized carbons (Fsp3) is 0.118. The lowest BCUT2D eigenvalue weighted by Crippen LogP contribution is -2.06. The topological polar surface area (TPSA) is 55.1 Å². The van der Waals surface area contributed by atoms with Gasteiger partial charge in [0.1, 0.15) is 0 Å². The summed E-state index contributed by atoms with van der Waals surface area (Å²) in [5.41, 5.74) is 3.06. The molecule has 4 aromatic rings. The molecule has 0 radical (unpaired) electrons. The maximum absolute atomic E-state index is 5.95. The molecule has 4 rings (SSSR count). The van der Waals surface area contributed by atoms with Crippen LogP contribution in [0.1, 0.15) is 5.69 Å². The molecule has 0 spiro atoms. The SMILES string of the molecule is Clc1ccc(-c2cnc3sc(NCCc4ccccn4)nn23)cc1. The van der Waals surface area contributed by atoms with Crippen molar-refractivity contribution in [3.05, 3.63) is 65.6 Å². The Bertz CT molecular complexity index is 946. The number of nitrogens with one attached hydrogen (secondary N) is 1. The van der Waals surface area contributed by atoms with Crippen LogP contribution in [-0.2, 0) is 6.42 Å². The monoisotopic (exact) mass is 355 g/mol. The Morgan fingerprint density at radius 2 is 1.96 bits per heavy atom. The molecule has 3 aromatic heterocycles. The van der Waals surface area contributed by atoms with Gasteiger partial charge in [-0.3, -0.25) is 4.98 Å². The molecule has 0 aliphatic heterocycles. The summed E-state index contributed by atoms with van der Waals surface area (Å²) in [6.45, 7) is 0.782. The van der Waals surface area contributed by atoms with Crippen LogP contribution in [-0.4, -0.2) is 26.1 Å². The van der Waals surface area contributed by atoms with Gasteiger partial charge in [0.15, 0.2) is 0 Å². The molecule has 0 unspecified atom stereocenters. The zero-order valence-electron chi connectivity index (χ0n) is 12.7.